The van der Waals surface area contributed by atoms with Crippen LogP contribution in [0.1, 0.15) is 26.2 Å². The van der Waals surface area contributed by atoms with Gasteiger partial charge >= 0.3 is 5.97 Å². The Morgan fingerprint density at radius 1 is 1.55 bits per heavy atom. The second-order valence-electron chi connectivity index (χ2n) is 2.60. The molecule has 1 atom stereocenters. The summed E-state index contributed by atoms with van der Waals surface area (Å²) >= 11 is 0. The number of carboxylic acid groups (broad SMARTS) is 1. The molecule has 3 N–H and O–H groups in total. The van der Waals surface area contributed by atoms with E-state index >= 15 is 0 Å². The largest absolute Gasteiger partial charge is 0.481 e. The molecular formula is C7H13NO3. The highest BCUT2D eigenvalue weighted by Gasteiger charge is 2.08. The van der Waals surface area contributed by atoms with Crippen LogP contribution in [0.4, 0.5) is 0 Å². The maximum atomic E-state index is 10.4. The minimum Gasteiger partial charge on any atom is -0.481 e. The highest BCUT2D eigenvalue weighted by molar-refractivity contribution is 5.75. The van der Waals surface area contributed by atoms with Gasteiger partial charge in [-0.05, 0) is 13.3 Å². The summed E-state index contributed by atoms with van der Waals surface area (Å²) in [6.07, 6.45) is 0.767. The second-order valence-corrected chi connectivity index (χ2v) is 2.60. The zero-order valence-corrected chi connectivity index (χ0v) is 6.54. The monoisotopic (exact) mass is 159 g/mol. The van der Waals surface area contributed by atoms with Crippen LogP contribution in [0.25, 0.3) is 0 Å². The van der Waals surface area contributed by atoms with Crippen LogP contribution in [-0.2, 0) is 9.59 Å². The van der Waals surface area contributed by atoms with Gasteiger partial charge in [-0.2, -0.15) is 0 Å². The van der Waals surface area contributed by atoms with Crippen molar-refractivity contribution in [3.8, 4) is 0 Å². The van der Waals surface area contributed by atoms with E-state index in [9.17, 15) is 9.59 Å². The van der Waals surface area contributed by atoms with E-state index in [0.29, 0.717) is 12.8 Å². The van der Waals surface area contributed by atoms with Crippen LogP contribution in [-0.4, -0.2) is 22.9 Å². The lowest BCUT2D eigenvalue weighted by Gasteiger charge is -2.05. The number of carbonyl (C=O) groups excluding carboxylic acids is 1. The number of carbonyl (C=O) groups is 2. The lowest BCUT2D eigenvalue weighted by molar-refractivity contribution is -0.137. The molecule has 0 aromatic carbocycles. The molecule has 1 unspecified atom stereocenters. The lowest BCUT2D eigenvalue weighted by Crippen LogP contribution is -2.24. The number of hydrogen-bond acceptors (Lipinski definition) is 3. The maximum absolute atomic E-state index is 10.4. The van der Waals surface area contributed by atoms with Gasteiger partial charge in [-0.15, -0.1) is 0 Å². The molecule has 0 aliphatic rings. The van der Waals surface area contributed by atoms with E-state index in [1.54, 1.807) is 0 Å². The second kappa shape index (κ2) is 4.85. The zero-order valence-electron chi connectivity index (χ0n) is 6.54. The number of Topliss-reactive ketones (excluding diaryl/α,β-unsaturated/α-hetero) is 1. The Bertz CT molecular complexity index is 156. The number of rotatable bonds is 5. The van der Waals surface area contributed by atoms with Crippen molar-refractivity contribution in [2.45, 2.75) is 32.2 Å². The van der Waals surface area contributed by atoms with Crippen molar-refractivity contribution in [3.05, 3.63) is 0 Å². The van der Waals surface area contributed by atoms with E-state index in [4.69, 9.17) is 10.8 Å². The molecule has 0 aromatic rings. The van der Waals surface area contributed by atoms with Gasteiger partial charge in [-0.25, -0.2) is 0 Å². The molecule has 0 fully saturated rings. The average molecular weight is 159 g/mol. The van der Waals surface area contributed by atoms with Gasteiger partial charge in [-0.3, -0.25) is 4.79 Å². The summed E-state index contributed by atoms with van der Waals surface area (Å²) in [5.74, 6) is -0.869. The number of hydrogen-bond donors (Lipinski definition) is 2. The fraction of sp³-hybridized carbons (Fsp3) is 0.714. The number of nitrogens with two attached hydrogens (primary N) is 1. The Balaban J connectivity index is 3.44. The summed E-state index contributed by atoms with van der Waals surface area (Å²) in [5.41, 5.74) is 5.39. The Kier molecular flexibility index (Phi) is 4.45. The van der Waals surface area contributed by atoms with Crippen LogP contribution >= 0.6 is 0 Å². The van der Waals surface area contributed by atoms with E-state index in [2.05, 4.69) is 0 Å². The summed E-state index contributed by atoms with van der Waals surface area (Å²) in [7, 11) is 0. The first kappa shape index (κ1) is 10.1. The summed E-state index contributed by atoms with van der Waals surface area (Å²) in [4.78, 5) is 20.5. The fourth-order valence-corrected chi connectivity index (χ4v) is 0.715. The van der Waals surface area contributed by atoms with Crippen LogP contribution in [0.15, 0.2) is 0 Å². The molecule has 0 heterocycles. The standard InChI is InChI=1S/C7H13NO3/c1-5(9)2-3-6(8)4-7(10)11/h6H,2-4,8H2,1H3,(H,10,11). The van der Waals surface area contributed by atoms with E-state index < -0.39 is 12.0 Å². The van der Waals surface area contributed by atoms with Crippen LogP contribution in [0.2, 0.25) is 0 Å². The third-order valence-corrected chi connectivity index (χ3v) is 1.30. The molecule has 0 rings (SSSR count). The van der Waals surface area contributed by atoms with Crippen LogP contribution in [0.5, 0.6) is 0 Å². The molecule has 0 saturated heterocycles. The van der Waals surface area contributed by atoms with Gasteiger partial charge in [0.25, 0.3) is 0 Å². The Hall–Kier alpha value is -0.900. The summed E-state index contributed by atoms with van der Waals surface area (Å²) < 4.78 is 0. The Morgan fingerprint density at radius 3 is 2.45 bits per heavy atom. The number of ketones is 1. The van der Waals surface area contributed by atoms with Gasteiger partial charge < -0.3 is 15.6 Å². The molecule has 11 heavy (non-hydrogen) atoms. The smallest absolute Gasteiger partial charge is 0.304 e. The molecule has 64 valence electrons. The van der Waals surface area contributed by atoms with Crippen LogP contribution < -0.4 is 5.73 Å². The van der Waals surface area contributed by atoms with Crippen molar-refractivity contribution >= 4 is 11.8 Å². The highest BCUT2D eigenvalue weighted by Crippen LogP contribution is 1.99. The molecule has 0 amide bonds. The summed E-state index contributed by atoms with van der Waals surface area (Å²) in [6, 6.07) is -0.392. The molecule has 4 heteroatoms. The van der Waals surface area contributed by atoms with Crippen molar-refractivity contribution in [1.29, 1.82) is 0 Å². The van der Waals surface area contributed by atoms with E-state index in [0.717, 1.165) is 0 Å². The van der Waals surface area contributed by atoms with E-state index in [-0.39, 0.29) is 12.2 Å². The zero-order chi connectivity index (χ0) is 8.85. The van der Waals surface area contributed by atoms with E-state index in [1.165, 1.54) is 6.92 Å². The third-order valence-electron chi connectivity index (χ3n) is 1.30. The number of carboxylic acids is 1. The SMILES string of the molecule is CC(=O)CCC(N)CC(=O)O. The molecule has 0 bridgehead atoms. The van der Waals surface area contributed by atoms with Crippen molar-refractivity contribution in [2.24, 2.45) is 5.73 Å². The molecule has 0 aliphatic heterocycles. The van der Waals surface area contributed by atoms with Gasteiger partial charge in [0.15, 0.2) is 0 Å². The van der Waals surface area contributed by atoms with Gasteiger partial charge in [0.1, 0.15) is 5.78 Å². The van der Waals surface area contributed by atoms with E-state index in [1.807, 2.05) is 0 Å². The molecule has 0 aromatic heterocycles. The minimum atomic E-state index is -0.916. The topological polar surface area (TPSA) is 80.4 Å². The normalized spacial score (nSPS) is 12.5. The van der Waals surface area contributed by atoms with Crippen molar-refractivity contribution in [3.63, 3.8) is 0 Å². The molecule has 0 spiro atoms. The molecule has 4 nitrogen and oxygen atoms in total. The molecule has 0 saturated carbocycles. The van der Waals surface area contributed by atoms with Crippen molar-refractivity contribution < 1.29 is 14.7 Å². The Labute approximate surface area is 65.4 Å². The maximum Gasteiger partial charge on any atom is 0.304 e. The molecular weight excluding hydrogens is 146 g/mol. The van der Waals surface area contributed by atoms with Crippen LogP contribution in [0.3, 0.4) is 0 Å². The first-order valence-electron chi connectivity index (χ1n) is 3.49. The summed E-state index contributed by atoms with van der Waals surface area (Å²) in [6.45, 7) is 1.47. The third kappa shape index (κ3) is 6.99. The van der Waals surface area contributed by atoms with Gasteiger partial charge in [0.05, 0.1) is 6.42 Å². The van der Waals surface area contributed by atoms with Crippen molar-refractivity contribution in [2.75, 3.05) is 0 Å². The van der Waals surface area contributed by atoms with Crippen LogP contribution in [0, 0.1) is 0 Å². The molecule has 0 aliphatic carbocycles. The fourth-order valence-electron chi connectivity index (χ4n) is 0.715. The molecule has 0 radical (unpaired) electrons. The first-order chi connectivity index (χ1) is 5.02. The van der Waals surface area contributed by atoms with Gasteiger partial charge in [0.2, 0.25) is 0 Å². The van der Waals surface area contributed by atoms with Gasteiger partial charge in [-0.1, -0.05) is 0 Å². The predicted octanol–water partition coefficient (Wildman–Crippen LogP) is 0.158. The summed E-state index contributed by atoms with van der Waals surface area (Å²) in [5, 5.41) is 8.28. The predicted molar refractivity (Wildman–Crippen MR) is 40.1 cm³/mol. The minimum absolute atomic E-state index is 0.0471. The first-order valence-corrected chi connectivity index (χ1v) is 3.49. The average Bonchev–Trinajstić information content (AvgIpc) is 1.82. The number of aliphatic carboxylic acids is 1. The highest BCUT2D eigenvalue weighted by atomic mass is 16.4. The van der Waals surface area contributed by atoms with Crippen molar-refractivity contribution in [1.82, 2.24) is 0 Å². The van der Waals surface area contributed by atoms with Gasteiger partial charge in [0, 0.05) is 12.5 Å². The quantitative estimate of drug-likeness (QED) is 0.598. The Morgan fingerprint density at radius 2 is 2.09 bits per heavy atom. The lowest BCUT2D eigenvalue weighted by atomic mass is 10.1.